The molecule has 2 amide bonds. The highest BCUT2D eigenvalue weighted by Gasteiger charge is 2.30. The Labute approximate surface area is 201 Å². The molecule has 1 atom stereocenters. The van der Waals surface area contributed by atoms with E-state index in [1.165, 1.54) is 0 Å². The van der Waals surface area contributed by atoms with Crippen LogP contribution in [0.15, 0.2) is 41.5 Å². The van der Waals surface area contributed by atoms with Crippen molar-refractivity contribution < 1.29 is 19.0 Å². The number of anilines is 1. The number of hydrazone groups is 1. The van der Waals surface area contributed by atoms with E-state index in [9.17, 15) is 4.79 Å². The molecular formula is C26H34N4O4. The number of urea groups is 1. The Hall–Kier alpha value is -3.26. The summed E-state index contributed by atoms with van der Waals surface area (Å²) in [6.07, 6.45) is 2.46. The standard InChI is InChI=1S/C26H34N4O4/c1-5-6-21-15-19-16-23(32-3)24(33-4)17-22(19)25(28-30(21)26(31)27-2)18-7-9-20(10-8-18)29-11-13-34-14-12-29/h7-10,16-17,21H,5-6,11-15H2,1-4H3,(H,27,31). The largest absolute Gasteiger partial charge is 0.493 e. The quantitative estimate of drug-likeness (QED) is 0.703. The Morgan fingerprint density at radius 3 is 2.41 bits per heavy atom. The summed E-state index contributed by atoms with van der Waals surface area (Å²) in [5, 5.41) is 9.30. The van der Waals surface area contributed by atoms with E-state index < -0.39 is 0 Å². The number of ether oxygens (including phenoxy) is 3. The van der Waals surface area contributed by atoms with Crippen LogP contribution in [0.5, 0.6) is 11.5 Å². The first-order valence-electron chi connectivity index (χ1n) is 11.9. The molecule has 0 aliphatic carbocycles. The number of morpholine rings is 1. The molecule has 2 aliphatic heterocycles. The fourth-order valence-corrected chi connectivity index (χ4v) is 4.64. The zero-order valence-corrected chi connectivity index (χ0v) is 20.5. The van der Waals surface area contributed by atoms with Crippen molar-refractivity contribution in [1.29, 1.82) is 0 Å². The molecule has 2 aliphatic rings. The van der Waals surface area contributed by atoms with Gasteiger partial charge in [0, 0.05) is 37.0 Å². The number of benzene rings is 2. The fraction of sp³-hybridized carbons (Fsp3) is 0.462. The van der Waals surface area contributed by atoms with Gasteiger partial charge >= 0.3 is 6.03 Å². The van der Waals surface area contributed by atoms with Crippen LogP contribution in [0, 0.1) is 0 Å². The van der Waals surface area contributed by atoms with Crippen LogP contribution >= 0.6 is 0 Å². The van der Waals surface area contributed by atoms with Gasteiger partial charge in [-0.05, 0) is 42.7 Å². The normalized spacial score (nSPS) is 18.0. The van der Waals surface area contributed by atoms with Gasteiger partial charge in [0.2, 0.25) is 0 Å². The Morgan fingerprint density at radius 2 is 1.79 bits per heavy atom. The van der Waals surface area contributed by atoms with E-state index in [1.807, 2.05) is 12.1 Å². The molecule has 8 heteroatoms. The third-order valence-corrected chi connectivity index (χ3v) is 6.43. The minimum absolute atomic E-state index is 0.0630. The van der Waals surface area contributed by atoms with Gasteiger partial charge in [0.1, 0.15) is 0 Å². The van der Waals surface area contributed by atoms with E-state index in [0.717, 1.165) is 67.2 Å². The van der Waals surface area contributed by atoms with Crippen molar-refractivity contribution >= 4 is 17.4 Å². The summed E-state index contributed by atoms with van der Waals surface area (Å²) < 4.78 is 16.7. The zero-order valence-electron chi connectivity index (χ0n) is 20.5. The Balaban J connectivity index is 1.82. The lowest BCUT2D eigenvalue weighted by Crippen LogP contribution is -2.42. The van der Waals surface area contributed by atoms with Crippen LogP contribution in [0.3, 0.4) is 0 Å². The van der Waals surface area contributed by atoms with E-state index in [0.29, 0.717) is 17.9 Å². The van der Waals surface area contributed by atoms with Crippen molar-refractivity contribution in [2.24, 2.45) is 5.10 Å². The molecule has 0 spiro atoms. The molecule has 1 N–H and O–H groups in total. The lowest BCUT2D eigenvalue weighted by atomic mass is 9.92. The summed E-state index contributed by atoms with van der Waals surface area (Å²) in [5.74, 6) is 1.31. The van der Waals surface area contributed by atoms with Crippen molar-refractivity contribution in [3.05, 3.63) is 53.1 Å². The van der Waals surface area contributed by atoms with E-state index in [2.05, 4.69) is 41.4 Å². The number of carbonyl (C=O) groups excluding carboxylic acids is 1. The third kappa shape index (κ3) is 4.82. The summed E-state index contributed by atoms with van der Waals surface area (Å²) >= 11 is 0. The maximum atomic E-state index is 12.9. The molecule has 4 rings (SSSR count). The predicted octanol–water partition coefficient (Wildman–Crippen LogP) is 3.66. The van der Waals surface area contributed by atoms with Crippen LogP contribution in [0.2, 0.25) is 0 Å². The minimum atomic E-state index is -0.215. The highest BCUT2D eigenvalue weighted by atomic mass is 16.5. The smallest absolute Gasteiger partial charge is 0.337 e. The van der Waals surface area contributed by atoms with E-state index >= 15 is 0 Å². The first kappa shape index (κ1) is 23.9. The predicted molar refractivity (Wildman–Crippen MR) is 133 cm³/mol. The minimum Gasteiger partial charge on any atom is -0.493 e. The molecule has 2 aromatic carbocycles. The topological polar surface area (TPSA) is 75.6 Å². The van der Waals surface area contributed by atoms with Crippen LogP contribution in [0.25, 0.3) is 0 Å². The van der Waals surface area contributed by atoms with Crippen LogP contribution in [0.1, 0.15) is 36.5 Å². The second-order valence-corrected chi connectivity index (χ2v) is 8.51. The molecule has 2 heterocycles. The highest BCUT2D eigenvalue weighted by Crippen LogP contribution is 2.35. The van der Waals surface area contributed by atoms with Gasteiger partial charge in [-0.3, -0.25) is 0 Å². The third-order valence-electron chi connectivity index (χ3n) is 6.43. The number of carbonyl (C=O) groups is 1. The first-order chi connectivity index (χ1) is 16.6. The molecule has 0 radical (unpaired) electrons. The molecule has 1 unspecified atom stereocenters. The van der Waals surface area contributed by atoms with Crippen LogP contribution in [-0.4, -0.2) is 70.4 Å². The van der Waals surface area contributed by atoms with Crippen molar-refractivity contribution in [2.75, 3.05) is 52.5 Å². The number of nitrogens with one attached hydrogen (secondary N) is 1. The van der Waals surface area contributed by atoms with Crippen molar-refractivity contribution in [3.63, 3.8) is 0 Å². The summed E-state index contributed by atoms with van der Waals surface area (Å²) in [7, 11) is 4.91. The zero-order chi connectivity index (χ0) is 24.1. The number of rotatable bonds is 6. The average Bonchev–Trinajstić information content (AvgIpc) is 3.04. The summed E-state index contributed by atoms with van der Waals surface area (Å²) in [6, 6.07) is 12.1. The molecular weight excluding hydrogens is 432 g/mol. The molecule has 34 heavy (non-hydrogen) atoms. The van der Waals surface area contributed by atoms with Crippen molar-refractivity contribution in [3.8, 4) is 11.5 Å². The van der Waals surface area contributed by atoms with Gasteiger partial charge in [-0.15, -0.1) is 0 Å². The van der Waals surface area contributed by atoms with Crippen LogP contribution in [0.4, 0.5) is 10.5 Å². The number of hydrogen-bond donors (Lipinski definition) is 1. The number of fused-ring (bicyclic) bond motifs is 1. The monoisotopic (exact) mass is 466 g/mol. The number of hydrogen-bond acceptors (Lipinski definition) is 6. The Kier molecular flexibility index (Phi) is 7.57. The Morgan fingerprint density at radius 1 is 1.12 bits per heavy atom. The van der Waals surface area contributed by atoms with E-state index in [-0.39, 0.29) is 12.1 Å². The fourth-order valence-electron chi connectivity index (χ4n) is 4.64. The van der Waals surface area contributed by atoms with Crippen LogP contribution in [-0.2, 0) is 11.2 Å². The second kappa shape index (κ2) is 10.8. The molecule has 1 fully saturated rings. The average molecular weight is 467 g/mol. The molecule has 0 bridgehead atoms. The van der Waals surface area contributed by atoms with Gasteiger partial charge in [-0.1, -0.05) is 25.5 Å². The van der Waals surface area contributed by atoms with Gasteiger partial charge in [0.25, 0.3) is 0 Å². The van der Waals surface area contributed by atoms with Gasteiger partial charge < -0.3 is 24.4 Å². The molecule has 0 saturated carbocycles. The number of methoxy groups -OCH3 is 2. The van der Waals surface area contributed by atoms with Crippen molar-refractivity contribution in [2.45, 2.75) is 32.2 Å². The van der Waals surface area contributed by atoms with Crippen LogP contribution < -0.4 is 19.7 Å². The molecule has 1 saturated heterocycles. The molecule has 2 aromatic rings. The summed E-state index contributed by atoms with van der Waals surface area (Å²) in [4.78, 5) is 15.2. The Bertz CT molecular complexity index is 1030. The van der Waals surface area contributed by atoms with Gasteiger partial charge in [-0.25, -0.2) is 9.80 Å². The van der Waals surface area contributed by atoms with Gasteiger partial charge in [0.05, 0.1) is 39.2 Å². The summed E-state index contributed by atoms with van der Waals surface area (Å²) in [6.45, 7) is 5.36. The highest BCUT2D eigenvalue weighted by molar-refractivity contribution is 6.14. The van der Waals surface area contributed by atoms with Gasteiger partial charge in [0.15, 0.2) is 11.5 Å². The lowest BCUT2D eigenvalue weighted by molar-refractivity contribution is 0.122. The number of amides is 2. The first-order valence-corrected chi connectivity index (χ1v) is 11.9. The molecule has 182 valence electrons. The molecule has 0 aromatic heterocycles. The van der Waals surface area contributed by atoms with E-state index in [4.69, 9.17) is 19.3 Å². The molecule has 8 nitrogen and oxygen atoms in total. The summed E-state index contributed by atoms with van der Waals surface area (Å²) in [5.41, 5.74) is 4.87. The number of nitrogens with zero attached hydrogens (tertiary/aromatic N) is 3. The van der Waals surface area contributed by atoms with Gasteiger partial charge in [-0.2, -0.15) is 5.10 Å². The maximum absolute atomic E-state index is 12.9. The SMILES string of the molecule is CCCC1Cc2cc(OC)c(OC)cc2C(c2ccc(N3CCOCC3)cc2)=NN1C(=O)NC. The lowest BCUT2D eigenvalue weighted by Gasteiger charge is -2.29. The maximum Gasteiger partial charge on any atom is 0.337 e. The van der Waals surface area contributed by atoms with Crippen molar-refractivity contribution in [1.82, 2.24) is 10.3 Å². The van der Waals surface area contributed by atoms with E-state index in [1.54, 1.807) is 26.3 Å². The second-order valence-electron chi connectivity index (χ2n) is 8.51.